The summed E-state index contributed by atoms with van der Waals surface area (Å²) in [4.78, 5) is 18.5. The molecule has 0 radical (unpaired) electrons. The van der Waals surface area contributed by atoms with E-state index in [0.717, 1.165) is 6.42 Å². The van der Waals surface area contributed by atoms with E-state index in [4.69, 9.17) is 0 Å². The van der Waals surface area contributed by atoms with E-state index < -0.39 is 5.97 Å². The molecule has 4 nitrogen and oxygen atoms in total. The number of carbonyl (C=O) groups is 1. The second-order valence-electron chi connectivity index (χ2n) is 3.81. The van der Waals surface area contributed by atoms with Crippen molar-refractivity contribution >= 4 is 5.97 Å². The summed E-state index contributed by atoms with van der Waals surface area (Å²) in [6, 6.07) is 0. The lowest BCUT2D eigenvalue weighted by atomic mass is 9.84. The molecule has 1 aromatic heterocycles. The van der Waals surface area contributed by atoms with Crippen LogP contribution >= 0.6 is 0 Å². The lowest BCUT2D eigenvalue weighted by Crippen LogP contribution is -2.29. The molecule has 0 bridgehead atoms. The average Bonchev–Trinajstić information content (AvgIpc) is 2.18. The van der Waals surface area contributed by atoms with Gasteiger partial charge in [-0.2, -0.15) is 0 Å². The quantitative estimate of drug-likeness (QED) is 0.702. The molecule has 1 aromatic rings. The molecular formula is C10H13N2O2-. The van der Waals surface area contributed by atoms with Crippen molar-refractivity contribution < 1.29 is 9.90 Å². The SMILES string of the molecule is CCC(C)(C)c1ncncc1C(=O)[O-]. The highest BCUT2D eigenvalue weighted by atomic mass is 16.4. The zero-order valence-electron chi connectivity index (χ0n) is 8.57. The molecule has 0 spiro atoms. The molecule has 1 heterocycles. The van der Waals surface area contributed by atoms with E-state index in [9.17, 15) is 9.90 Å². The van der Waals surface area contributed by atoms with Crippen LogP contribution in [0.3, 0.4) is 0 Å². The van der Waals surface area contributed by atoms with E-state index in [0.29, 0.717) is 5.69 Å². The van der Waals surface area contributed by atoms with Crippen LogP contribution in [0.4, 0.5) is 0 Å². The maximum atomic E-state index is 10.8. The number of carbonyl (C=O) groups excluding carboxylic acids is 1. The Morgan fingerprint density at radius 3 is 2.71 bits per heavy atom. The van der Waals surface area contributed by atoms with Crippen LogP contribution in [0.25, 0.3) is 0 Å². The number of aromatic carboxylic acids is 1. The summed E-state index contributed by atoms with van der Waals surface area (Å²) in [5.41, 5.74) is 0.354. The Hall–Kier alpha value is -1.45. The summed E-state index contributed by atoms with van der Waals surface area (Å²) in [5, 5.41) is 10.8. The predicted octanol–water partition coefficient (Wildman–Crippen LogP) is 0.528. The monoisotopic (exact) mass is 193 g/mol. The molecule has 0 saturated heterocycles. The van der Waals surface area contributed by atoms with Gasteiger partial charge in [0.1, 0.15) is 6.33 Å². The lowest BCUT2D eigenvalue weighted by Gasteiger charge is -2.24. The first kappa shape index (κ1) is 10.6. The van der Waals surface area contributed by atoms with E-state index in [1.165, 1.54) is 12.5 Å². The number of hydrogen-bond donors (Lipinski definition) is 0. The van der Waals surface area contributed by atoms with Crippen LogP contribution < -0.4 is 5.11 Å². The maximum absolute atomic E-state index is 10.8. The predicted molar refractivity (Wildman–Crippen MR) is 49.7 cm³/mol. The summed E-state index contributed by atoms with van der Waals surface area (Å²) in [6.07, 6.45) is 3.46. The fraction of sp³-hybridized carbons (Fsp3) is 0.500. The summed E-state index contributed by atoms with van der Waals surface area (Å²) < 4.78 is 0. The summed E-state index contributed by atoms with van der Waals surface area (Å²) in [6.45, 7) is 5.88. The van der Waals surface area contributed by atoms with Crippen molar-refractivity contribution in [3.05, 3.63) is 23.8 Å². The first-order chi connectivity index (χ1) is 6.49. The Balaban J connectivity index is 3.27. The topological polar surface area (TPSA) is 65.9 Å². The Morgan fingerprint density at radius 1 is 1.57 bits per heavy atom. The van der Waals surface area contributed by atoms with E-state index in [-0.39, 0.29) is 11.0 Å². The van der Waals surface area contributed by atoms with E-state index in [1.807, 2.05) is 20.8 Å². The first-order valence-electron chi connectivity index (χ1n) is 4.51. The Morgan fingerprint density at radius 2 is 2.21 bits per heavy atom. The number of rotatable bonds is 3. The van der Waals surface area contributed by atoms with Gasteiger partial charge in [0.2, 0.25) is 0 Å². The van der Waals surface area contributed by atoms with Gasteiger partial charge >= 0.3 is 0 Å². The van der Waals surface area contributed by atoms with Gasteiger partial charge in [0.15, 0.2) is 0 Å². The normalized spacial score (nSPS) is 11.4. The molecule has 0 aliphatic heterocycles. The highest BCUT2D eigenvalue weighted by Crippen LogP contribution is 2.26. The molecule has 0 aliphatic carbocycles. The fourth-order valence-corrected chi connectivity index (χ4v) is 1.19. The van der Waals surface area contributed by atoms with Crippen LogP contribution in [0.5, 0.6) is 0 Å². The third kappa shape index (κ3) is 1.89. The van der Waals surface area contributed by atoms with Gasteiger partial charge in [-0.25, -0.2) is 9.97 Å². The van der Waals surface area contributed by atoms with Crippen LogP contribution in [-0.2, 0) is 5.41 Å². The van der Waals surface area contributed by atoms with Gasteiger partial charge in [0.05, 0.1) is 11.7 Å². The van der Waals surface area contributed by atoms with Crippen LogP contribution in [-0.4, -0.2) is 15.9 Å². The standard InChI is InChI=1S/C10H14N2O2/c1-4-10(2,3)8-7(9(13)14)5-11-6-12-8/h5-6H,4H2,1-3H3,(H,13,14)/p-1. The van der Waals surface area contributed by atoms with E-state index in [2.05, 4.69) is 9.97 Å². The second kappa shape index (κ2) is 3.74. The minimum atomic E-state index is -1.22. The smallest absolute Gasteiger partial charge is 0.115 e. The third-order valence-corrected chi connectivity index (χ3v) is 2.46. The summed E-state index contributed by atoms with van der Waals surface area (Å²) in [5.74, 6) is -1.22. The number of carboxylic acid groups (broad SMARTS) is 1. The van der Waals surface area contributed by atoms with Crippen LogP contribution in [0.2, 0.25) is 0 Å². The van der Waals surface area contributed by atoms with Crippen molar-refractivity contribution in [3.8, 4) is 0 Å². The molecule has 0 aromatic carbocycles. The number of aromatic nitrogens is 2. The van der Waals surface area contributed by atoms with Crippen molar-refractivity contribution in [1.29, 1.82) is 0 Å². The maximum Gasteiger partial charge on any atom is 0.115 e. The minimum absolute atomic E-state index is 0.0827. The number of nitrogens with zero attached hydrogens (tertiary/aromatic N) is 2. The summed E-state index contributed by atoms with van der Waals surface area (Å²) in [7, 11) is 0. The molecule has 0 unspecified atom stereocenters. The lowest BCUT2D eigenvalue weighted by molar-refractivity contribution is -0.255. The highest BCUT2D eigenvalue weighted by Gasteiger charge is 2.23. The summed E-state index contributed by atoms with van der Waals surface area (Å²) >= 11 is 0. The number of hydrogen-bond acceptors (Lipinski definition) is 4. The van der Waals surface area contributed by atoms with Gasteiger partial charge in [0.25, 0.3) is 0 Å². The van der Waals surface area contributed by atoms with Crippen molar-refractivity contribution in [3.63, 3.8) is 0 Å². The zero-order chi connectivity index (χ0) is 10.8. The molecule has 14 heavy (non-hydrogen) atoms. The molecule has 0 aliphatic rings. The molecule has 0 atom stereocenters. The largest absolute Gasteiger partial charge is 0.545 e. The van der Waals surface area contributed by atoms with Gasteiger partial charge < -0.3 is 9.90 Å². The third-order valence-electron chi connectivity index (χ3n) is 2.46. The van der Waals surface area contributed by atoms with Crippen molar-refractivity contribution in [2.75, 3.05) is 0 Å². The molecule has 76 valence electrons. The molecule has 4 heteroatoms. The minimum Gasteiger partial charge on any atom is -0.545 e. The Labute approximate surface area is 83.0 Å². The van der Waals surface area contributed by atoms with Gasteiger partial charge in [-0.15, -0.1) is 0 Å². The van der Waals surface area contributed by atoms with Gasteiger partial charge in [-0.3, -0.25) is 0 Å². The van der Waals surface area contributed by atoms with Crippen LogP contribution in [0, 0.1) is 0 Å². The Kier molecular flexibility index (Phi) is 2.84. The van der Waals surface area contributed by atoms with E-state index in [1.54, 1.807) is 0 Å². The molecule has 0 N–H and O–H groups in total. The zero-order valence-corrected chi connectivity index (χ0v) is 8.57. The van der Waals surface area contributed by atoms with Crippen molar-refractivity contribution in [2.24, 2.45) is 0 Å². The van der Waals surface area contributed by atoms with Gasteiger partial charge in [-0.1, -0.05) is 20.8 Å². The fourth-order valence-electron chi connectivity index (χ4n) is 1.19. The second-order valence-corrected chi connectivity index (χ2v) is 3.81. The van der Waals surface area contributed by atoms with Gasteiger partial charge in [0, 0.05) is 17.2 Å². The van der Waals surface area contributed by atoms with Crippen molar-refractivity contribution in [2.45, 2.75) is 32.6 Å². The van der Waals surface area contributed by atoms with Crippen LogP contribution in [0.15, 0.2) is 12.5 Å². The molecular weight excluding hydrogens is 180 g/mol. The number of carboxylic acids is 1. The van der Waals surface area contributed by atoms with Gasteiger partial charge in [-0.05, 0) is 6.42 Å². The van der Waals surface area contributed by atoms with Crippen LogP contribution in [0.1, 0.15) is 43.2 Å². The average molecular weight is 193 g/mol. The van der Waals surface area contributed by atoms with Crippen molar-refractivity contribution in [1.82, 2.24) is 9.97 Å². The highest BCUT2D eigenvalue weighted by molar-refractivity contribution is 5.87. The Bertz CT molecular complexity index is 348. The molecule has 1 rings (SSSR count). The molecule has 0 saturated carbocycles. The molecule has 0 fully saturated rings. The first-order valence-corrected chi connectivity index (χ1v) is 4.51. The van der Waals surface area contributed by atoms with E-state index >= 15 is 0 Å². The molecule has 0 amide bonds.